The maximum absolute atomic E-state index is 12.0. The Bertz CT molecular complexity index is 813. The second-order valence-corrected chi connectivity index (χ2v) is 4.54. The molecule has 0 bridgehead atoms. The quantitative estimate of drug-likeness (QED) is 0.750. The lowest BCUT2D eigenvalue weighted by atomic mass is 10.2. The van der Waals surface area contributed by atoms with Crippen molar-refractivity contribution in [1.82, 2.24) is 19.3 Å². The third-order valence-electron chi connectivity index (χ3n) is 3.06. The monoisotopic (exact) mass is 284 g/mol. The molecule has 0 fully saturated rings. The summed E-state index contributed by atoms with van der Waals surface area (Å²) < 4.78 is 3.21. The third-order valence-corrected chi connectivity index (χ3v) is 3.06. The molecule has 0 unspecified atom stereocenters. The van der Waals surface area contributed by atoms with Gasteiger partial charge in [0.25, 0.3) is 5.56 Å². The fraction of sp³-hybridized carbons (Fsp3) is 0.0714. The van der Waals surface area contributed by atoms with E-state index in [9.17, 15) is 9.59 Å². The number of aromatic nitrogens is 4. The van der Waals surface area contributed by atoms with E-state index in [1.54, 1.807) is 30.9 Å². The van der Waals surface area contributed by atoms with Crippen LogP contribution < -0.4 is 5.56 Å². The average Bonchev–Trinajstić information content (AvgIpc) is 3.09. The van der Waals surface area contributed by atoms with E-state index in [0.29, 0.717) is 12.2 Å². The highest BCUT2D eigenvalue weighted by atomic mass is 16.4. The van der Waals surface area contributed by atoms with Crippen LogP contribution in [0.2, 0.25) is 0 Å². The topological polar surface area (TPSA) is 92.9 Å². The van der Waals surface area contributed by atoms with Crippen molar-refractivity contribution in [2.45, 2.75) is 6.54 Å². The smallest absolute Gasteiger partial charge is 0.335 e. The van der Waals surface area contributed by atoms with Gasteiger partial charge in [0, 0.05) is 18.5 Å². The molecule has 2 N–H and O–H groups in total. The number of aromatic carboxylic acids is 1. The second-order valence-electron chi connectivity index (χ2n) is 4.54. The number of hydrogen-bond donors (Lipinski definition) is 2. The van der Waals surface area contributed by atoms with Crippen LogP contribution in [0.15, 0.2) is 53.8 Å². The summed E-state index contributed by atoms with van der Waals surface area (Å²) in [5.74, 6) is -0.999. The lowest BCUT2D eigenvalue weighted by Crippen LogP contribution is -2.13. The first-order valence-corrected chi connectivity index (χ1v) is 6.24. The van der Waals surface area contributed by atoms with Gasteiger partial charge in [0.2, 0.25) is 0 Å². The van der Waals surface area contributed by atoms with Gasteiger partial charge >= 0.3 is 5.97 Å². The predicted molar refractivity (Wildman–Crippen MR) is 74.7 cm³/mol. The molecule has 0 aliphatic carbocycles. The van der Waals surface area contributed by atoms with E-state index >= 15 is 0 Å². The molecule has 2 heterocycles. The van der Waals surface area contributed by atoms with Gasteiger partial charge in [0.15, 0.2) is 0 Å². The molecule has 0 radical (unpaired) electrons. The number of carboxylic acid groups (broad SMARTS) is 1. The molecule has 0 amide bonds. The summed E-state index contributed by atoms with van der Waals surface area (Å²) in [6, 6.07) is 7.59. The summed E-state index contributed by atoms with van der Waals surface area (Å²) in [7, 11) is 0. The number of nitrogens with one attached hydrogen (secondary N) is 1. The van der Waals surface area contributed by atoms with Crippen LogP contribution in [-0.2, 0) is 6.54 Å². The Morgan fingerprint density at radius 3 is 2.67 bits per heavy atom. The zero-order chi connectivity index (χ0) is 14.8. The van der Waals surface area contributed by atoms with Gasteiger partial charge in [-0.15, -0.1) is 0 Å². The minimum Gasteiger partial charge on any atom is -0.478 e. The highest BCUT2D eigenvalue weighted by Crippen LogP contribution is 2.08. The van der Waals surface area contributed by atoms with E-state index in [0.717, 1.165) is 5.69 Å². The summed E-state index contributed by atoms with van der Waals surface area (Å²) in [6.07, 6.45) is 5.13. The van der Waals surface area contributed by atoms with Gasteiger partial charge in [-0.2, -0.15) is 0 Å². The minimum absolute atomic E-state index is 0.178. The van der Waals surface area contributed by atoms with E-state index in [1.165, 1.54) is 22.9 Å². The molecular weight excluding hydrogens is 272 g/mol. The Hall–Kier alpha value is -3.09. The van der Waals surface area contributed by atoms with Gasteiger partial charge in [-0.05, 0) is 24.3 Å². The number of imidazole rings is 1. The molecule has 0 saturated carbocycles. The Morgan fingerprint density at radius 2 is 2.05 bits per heavy atom. The summed E-state index contributed by atoms with van der Waals surface area (Å²) >= 11 is 0. The Labute approximate surface area is 119 Å². The Morgan fingerprint density at radius 1 is 1.29 bits per heavy atom. The van der Waals surface area contributed by atoms with Crippen molar-refractivity contribution in [2.75, 3.05) is 0 Å². The lowest BCUT2D eigenvalue weighted by Gasteiger charge is -2.03. The van der Waals surface area contributed by atoms with E-state index in [4.69, 9.17) is 5.11 Å². The first-order valence-electron chi connectivity index (χ1n) is 6.24. The van der Waals surface area contributed by atoms with Crippen LogP contribution in [0.5, 0.6) is 0 Å². The van der Waals surface area contributed by atoms with Crippen molar-refractivity contribution < 1.29 is 9.90 Å². The van der Waals surface area contributed by atoms with Crippen molar-refractivity contribution >= 4 is 5.97 Å². The Balaban J connectivity index is 1.90. The van der Waals surface area contributed by atoms with Crippen LogP contribution in [0.25, 0.3) is 5.69 Å². The molecule has 0 spiro atoms. The zero-order valence-electron chi connectivity index (χ0n) is 10.9. The molecule has 21 heavy (non-hydrogen) atoms. The van der Waals surface area contributed by atoms with Crippen LogP contribution in [-0.4, -0.2) is 30.4 Å². The van der Waals surface area contributed by atoms with Gasteiger partial charge in [-0.25, -0.2) is 14.5 Å². The van der Waals surface area contributed by atoms with Crippen LogP contribution in [0.4, 0.5) is 0 Å². The number of nitrogens with zero attached hydrogens (tertiary/aromatic N) is 3. The summed E-state index contributed by atoms with van der Waals surface area (Å²) in [5.41, 5.74) is 1.30. The van der Waals surface area contributed by atoms with Crippen molar-refractivity contribution in [3.63, 3.8) is 0 Å². The highest BCUT2D eigenvalue weighted by molar-refractivity contribution is 5.87. The molecule has 0 atom stereocenters. The molecule has 3 aromatic rings. The summed E-state index contributed by atoms with van der Waals surface area (Å²) in [5, 5.41) is 11.9. The molecule has 0 aliphatic heterocycles. The molecule has 7 nitrogen and oxygen atoms in total. The predicted octanol–water partition coefficient (Wildman–Crippen LogP) is 1.11. The fourth-order valence-electron chi connectivity index (χ4n) is 2.05. The number of benzene rings is 1. The van der Waals surface area contributed by atoms with Gasteiger partial charge < -0.3 is 9.67 Å². The first kappa shape index (κ1) is 12.9. The van der Waals surface area contributed by atoms with Crippen molar-refractivity contribution in [2.24, 2.45) is 0 Å². The van der Waals surface area contributed by atoms with E-state index < -0.39 is 5.97 Å². The number of carboxylic acids is 1. The number of hydrogen-bond acceptors (Lipinski definition) is 3. The maximum Gasteiger partial charge on any atom is 0.335 e. The number of aromatic amines is 1. The molecule has 106 valence electrons. The van der Waals surface area contributed by atoms with E-state index in [2.05, 4.69) is 10.1 Å². The molecule has 3 rings (SSSR count). The summed E-state index contributed by atoms with van der Waals surface area (Å²) in [6.45, 7) is 0.509. The Kier molecular flexibility index (Phi) is 3.15. The molecule has 0 aliphatic rings. The van der Waals surface area contributed by atoms with E-state index in [1.807, 2.05) is 4.57 Å². The van der Waals surface area contributed by atoms with Gasteiger partial charge in [0.1, 0.15) is 0 Å². The van der Waals surface area contributed by atoms with Crippen LogP contribution in [0.3, 0.4) is 0 Å². The van der Waals surface area contributed by atoms with Crippen molar-refractivity contribution in [1.29, 1.82) is 0 Å². The fourth-order valence-corrected chi connectivity index (χ4v) is 2.05. The average molecular weight is 284 g/mol. The molecule has 1 aromatic carbocycles. The van der Waals surface area contributed by atoms with Crippen LogP contribution in [0, 0.1) is 0 Å². The van der Waals surface area contributed by atoms with Crippen LogP contribution >= 0.6 is 0 Å². The standard InChI is InChI=1S/C14H12N4O3/c19-13-7-11(8-17-6-5-15-9-17)16-18(13)12-3-1-10(2-4-12)14(20)21/h1-7,9,16H,8H2,(H,20,21). The first-order chi connectivity index (χ1) is 10.1. The number of rotatable bonds is 4. The van der Waals surface area contributed by atoms with Crippen LogP contribution in [0.1, 0.15) is 16.1 Å². The molecule has 2 aromatic heterocycles. The summed E-state index contributed by atoms with van der Waals surface area (Å²) in [4.78, 5) is 26.7. The van der Waals surface area contributed by atoms with Crippen molar-refractivity contribution in [3.8, 4) is 5.69 Å². The normalized spacial score (nSPS) is 10.7. The van der Waals surface area contributed by atoms with Gasteiger partial charge in [-0.3, -0.25) is 9.89 Å². The van der Waals surface area contributed by atoms with Gasteiger partial charge in [-0.1, -0.05) is 0 Å². The zero-order valence-corrected chi connectivity index (χ0v) is 10.9. The molecule has 7 heteroatoms. The number of H-pyrrole nitrogens is 1. The second kappa shape index (κ2) is 5.12. The maximum atomic E-state index is 12.0. The molecular formula is C14H12N4O3. The van der Waals surface area contributed by atoms with Crippen molar-refractivity contribution in [3.05, 3.63) is 70.7 Å². The van der Waals surface area contributed by atoms with Gasteiger partial charge in [0.05, 0.1) is 29.8 Å². The SMILES string of the molecule is O=C(O)c1ccc(-n2[nH]c(Cn3ccnc3)cc2=O)cc1. The highest BCUT2D eigenvalue weighted by Gasteiger charge is 2.07. The van der Waals surface area contributed by atoms with E-state index in [-0.39, 0.29) is 11.1 Å². The number of carbonyl (C=O) groups is 1. The largest absolute Gasteiger partial charge is 0.478 e. The minimum atomic E-state index is -0.999. The molecule has 0 saturated heterocycles. The lowest BCUT2D eigenvalue weighted by molar-refractivity contribution is 0.0697. The third kappa shape index (κ3) is 2.62.